The number of carbonyl (C=O) groups is 1. The molecule has 1 aliphatic heterocycles. The Hall–Kier alpha value is -1.53. The first-order valence-corrected chi connectivity index (χ1v) is 9.50. The van der Waals surface area contributed by atoms with Gasteiger partial charge in [0.2, 0.25) is 5.91 Å². The van der Waals surface area contributed by atoms with Crippen molar-refractivity contribution in [3.63, 3.8) is 0 Å². The summed E-state index contributed by atoms with van der Waals surface area (Å²) in [6, 6.07) is 7.96. The molecule has 1 atom stereocenters. The van der Waals surface area contributed by atoms with Gasteiger partial charge in [0.15, 0.2) is 5.16 Å². The fraction of sp³-hybridized carbons (Fsp3) is 0.556. The number of aromatic nitrogens is 2. The van der Waals surface area contributed by atoms with Gasteiger partial charge in [0.05, 0.1) is 28.4 Å². The van der Waals surface area contributed by atoms with Crippen molar-refractivity contribution in [3.8, 4) is 0 Å². The van der Waals surface area contributed by atoms with Gasteiger partial charge in [-0.2, -0.15) is 0 Å². The first-order chi connectivity index (χ1) is 11.4. The highest BCUT2D eigenvalue weighted by Gasteiger charge is 2.38. The normalized spacial score (nSPS) is 18.5. The van der Waals surface area contributed by atoms with Gasteiger partial charge in [0, 0.05) is 13.1 Å². The molecule has 0 radical (unpaired) electrons. The van der Waals surface area contributed by atoms with Crippen LogP contribution in [0.25, 0.3) is 11.0 Å². The van der Waals surface area contributed by atoms with Crippen molar-refractivity contribution in [1.29, 1.82) is 0 Å². The van der Waals surface area contributed by atoms with Gasteiger partial charge in [-0.15, -0.1) is 0 Å². The summed E-state index contributed by atoms with van der Waals surface area (Å²) in [7, 11) is 0. The minimum atomic E-state index is -0.854. The second-order valence-electron chi connectivity index (χ2n) is 6.81. The Kier molecular flexibility index (Phi) is 4.88. The highest BCUT2D eigenvalue weighted by Crippen LogP contribution is 2.29. The lowest BCUT2D eigenvalue weighted by atomic mass is 9.97. The molecule has 1 aromatic carbocycles. The Morgan fingerprint density at radius 1 is 1.42 bits per heavy atom. The van der Waals surface area contributed by atoms with E-state index in [4.69, 9.17) is 0 Å². The van der Waals surface area contributed by atoms with Gasteiger partial charge in [-0.1, -0.05) is 23.9 Å². The number of imidazole rings is 1. The summed E-state index contributed by atoms with van der Waals surface area (Å²) in [6.07, 6.45) is 1.83. The Morgan fingerprint density at radius 3 is 2.88 bits per heavy atom. The summed E-state index contributed by atoms with van der Waals surface area (Å²) in [4.78, 5) is 19.1. The average Bonchev–Trinajstić information content (AvgIpc) is 3.16. The number of amides is 1. The number of rotatable bonds is 5. The SMILES string of the molecule is CCn1c(SCC(=O)N2CCCC2C(C)(C)O)nc2ccccc21. The van der Waals surface area contributed by atoms with Crippen LogP contribution in [0.3, 0.4) is 0 Å². The van der Waals surface area contributed by atoms with Crippen molar-refractivity contribution in [1.82, 2.24) is 14.5 Å². The zero-order valence-electron chi connectivity index (χ0n) is 14.5. The van der Waals surface area contributed by atoms with E-state index in [9.17, 15) is 9.90 Å². The number of thioether (sulfide) groups is 1. The van der Waals surface area contributed by atoms with Crippen LogP contribution < -0.4 is 0 Å². The molecule has 5 nitrogen and oxygen atoms in total. The Morgan fingerprint density at radius 2 is 2.17 bits per heavy atom. The Balaban J connectivity index is 1.73. The molecule has 1 aliphatic rings. The molecule has 1 unspecified atom stereocenters. The largest absolute Gasteiger partial charge is 0.388 e. The number of nitrogens with zero attached hydrogens (tertiary/aromatic N) is 3. The smallest absolute Gasteiger partial charge is 0.233 e. The lowest BCUT2D eigenvalue weighted by Gasteiger charge is -2.33. The van der Waals surface area contributed by atoms with Gasteiger partial charge in [0.1, 0.15) is 0 Å². The minimum Gasteiger partial charge on any atom is -0.388 e. The molecule has 0 bridgehead atoms. The third-order valence-corrected chi connectivity index (χ3v) is 5.61. The van der Waals surface area contributed by atoms with Crippen LogP contribution in [0.2, 0.25) is 0 Å². The quantitative estimate of drug-likeness (QED) is 0.845. The molecule has 2 aromatic rings. The minimum absolute atomic E-state index is 0.0827. The first kappa shape index (κ1) is 17.3. The summed E-state index contributed by atoms with van der Waals surface area (Å²) in [5.41, 5.74) is 1.21. The van der Waals surface area contributed by atoms with E-state index >= 15 is 0 Å². The molecule has 3 rings (SSSR count). The number of para-hydroxylation sites is 2. The molecule has 1 amide bonds. The number of benzene rings is 1. The van der Waals surface area contributed by atoms with Crippen LogP contribution in [0.4, 0.5) is 0 Å². The second-order valence-corrected chi connectivity index (χ2v) is 7.76. The van der Waals surface area contributed by atoms with E-state index in [1.165, 1.54) is 11.8 Å². The monoisotopic (exact) mass is 347 g/mol. The number of carbonyl (C=O) groups excluding carboxylic acids is 1. The van der Waals surface area contributed by atoms with E-state index in [2.05, 4.69) is 22.5 Å². The molecular formula is C18H25N3O2S. The zero-order chi connectivity index (χ0) is 17.3. The van der Waals surface area contributed by atoms with Gasteiger partial charge in [-0.25, -0.2) is 4.98 Å². The molecule has 130 valence electrons. The summed E-state index contributed by atoms with van der Waals surface area (Å²) < 4.78 is 2.14. The number of hydrogen-bond acceptors (Lipinski definition) is 4. The molecule has 2 heterocycles. The maximum atomic E-state index is 12.6. The van der Waals surface area contributed by atoms with E-state index in [1.807, 2.05) is 23.1 Å². The molecule has 0 spiro atoms. The number of fused-ring (bicyclic) bond motifs is 1. The van der Waals surface area contributed by atoms with E-state index in [0.717, 1.165) is 42.1 Å². The van der Waals surface area contributed by atoms with Crippen LogP contribution in [0.5, 0.6) is 0 Å². The third kappa shape index (κ3) is 3.30. The van der Waals surface area contributed by atoms with Crippen molar-refractivity contribution in [3.05, 3.63) is 24.3 Å². The highest BCUT2D eigenvalue weighted by molar-refractivity contribution is 7.99. The van der Waals surface area contributed by atoms with E-state index in [1.54, 1.807) is 13.8 Å². The van der Waals surface area contributed by atoms with E-state index in [0.29, 0.717) is 5.75 Å². The Labute approximate surface area is 147 Å². The summed E-state index contributed by atoms with van der Waals surface area (Å²) in [5.74, 6) is 0.440. The molecule has 0 aliphatic carbocycles. The number of aryl methyl sites for hydroxylation is 1. The van der Waals surface area contributed by atoms with Gasteiger partial charge in [0.25, 0.3) is 0 Å². The maximum absolute atomic E-state index is 12.6. The molecule has 1 aromatic heterocycles. The molecule has 0 saturated carbocycles. The lowest BCUT2D eigenvalue weighted by molar-refractivity contribution is -0.133. The lowest BCUT2D eigenvalue weighted by Crippen LogP contribution is -2.48. The molecule has 1 saturated heterocycles. The number of likely N-dealkylation sites (tertiary alicyclic amines) is 1. The summed E-state index contributed by atoms with van der Waals surface area (Å²) >= 11 is 1.48. The van der Waals surface area contributed by atoms with Crippen molar-refractivity contribution < 1.29 is 9.90 Å². The standard InChI is InChI=1S/C18H25N3O2S/c1-4-20-14-9-6-5-8-13(14)19-17(20)24-12-16(22)21-11-7-10-15(21)18(2,3)23/h5-6,8-9,15,23H,4,7,10-12H2,1-3H3. The van der Waals surface area contributed by atoms with Crippen LogP contribution in [0, 0.1) is 0 Å². The van der Waals surface area contributed by atoms with Crippen LogP contribution in [-0.2, 0) is 11.3 Å². The van der Waals surface area contributed by atoms with Crippen molar-refractivity contribution >= 4 is 28.7 Å². The zero-order valence-corrected chi connectivity index (χ0v) is 15.3. The summed E-state index contributed by atoms with van der Waals surface area (Å²) in [5, 5.41) is 11.2. The van der Waals surface area contributed by atoms with Crippen molar-refractivity contribution in [2.75, 3.05) is 12.3 Å². The van der Waals surface area contributed by atoms with Gasteiger partial charge in [-0.05, 0) is 45.7 Å². The van der Waals surface area contributed by atoms with Gasteiger partial charge in [-0.3, -0.25) is 4.79 Å². The average molecular weight is 347 g/mol. The van der Waals surface area contributed by atoms with Gasteiger partial charge < -0.3 is 14.6 Å². The Bertz CT molecular complexity index is 735. The maximum Gasteiger partial charge on any atom is 0.233 e. The van der Waals surface area contributed by atoms with Crippen LogP contribution in [0.15, 0.2) is 29.4 Å². The summed E-state index contributed by atoms with van der Waals surface area (Å²) in [6.45, 7) is 7.22. The predicted octanol–water partition coefficient (Wildman–Crippen LogP) is 2.91. The first-order valence-electron chi connectivity index (χ1n) is 8.51. The van der Waals surface area contributed by atoms with Crippen LogP contribution >= 0.6 is 11.8 Å². The third-order valence-electron chi connectivity index (χ3n) is 4.65. The second kappa shape index (κ2) is 6.76. The fourth-order valence-corrected chi connectivity index (χ4v) is 4.44. The van der Waals surface area contributed by atoms with E-state index in [-0.39, 0.29) is 11.9 Å². The van der Waals surface area contributed by atoms with Crippen LogP contribution in [0.1, 0.15) is 33.6 Å². The molecule has 24 heavy (non-hydrogen) atoms. The topological polar surface area (TPSA) is 58.4 Å². The molecule has 6 heteroatoms. The van der Waals surface area contributed by atoms with E-state index < -0.39 is 5.60 Å². The number of hydrogen-bond donors (Lipinski definition) is 1. The van der Waals surface area contributed by atoms with Crippen LogP contribution in [-0.4, -0.2) is 49.4 Å². The predicted molar refractivity (Wildman–Crippen MR) is 97.2 cm³/mol. The van der Waals surface area contributed by atoms with Crippen molar-refractivity contribution in [2.24, 2.45) is 0 Å². The van der Waals surface area contributed by atoms with Gasteiger partial charge >= 0.3 is 0 Å². The molecular weight excluding hydrogens is 322 g/mol. The van der Waals surface area contributed by atoms with Crippen molar-refractivity contribution in [2.45, 2.75) is 57.0 Å². The fourth-order valence-electron chi connectivity index (χ4n) is 3.48. The number of aliphatic hydroxyl groups is 1. The highest BCUT2D eigenvalue weighted by atomic mass is 32.2. The molecule has 1 fully saturated rings. The molecule has 1 N–H and O–H groups in total.